The van der Waals surface area contributed by atoms with Crippen LogP contribution in [0.25, 0.3) is 10.8 Å². The Balaban J connectivity index is 1.42. The van der Waals surface area contributed by atoms with Crippen LogP contribution in [0.2, 0.25) is 0 Å². The van der Waals surface area contributed by atoms with Crippen LogP contribution in [0.4, 0.5) is 10.5 Å². The van der Waals surface area contributed by atoms with Gasteiger partial charge in [0.15, 0.2) is 0 Å². The van der Waals surface area contributed by atoms with Crippen LogP contribution in [0.1, 0.15) is 0 Å². The fourth-order valence-electron chi connectivity index (χ4n) is 3.30. The zero-order valence-corrected chi connectivity index (χ0v) is 15.7. The number of aliphatic hydroxyl groups is 1. The van der Waals surface area contributed by atoms with Gasteiger partial charge in [0.25, 0.3) is 0 Å². The first-order chi connectivity index (χ1) is 13.2. The minimum atomic E-state index is -0.835. The molecule has 3 rings (SSSR count). The number of likely N-dealkylation sites (N-methyl/N-ethyl adjacent to an activating group) is 1. The van der Waals surface area contributed by atoms with Crippen molar-refractivity contribution >= 4 is 22.6 Å². The van der Waals surface area contributed by atoms with Crippen LogP contribution >= 0.6 is 0 Å². The van der Waals surface area contributed by atoms with E-state index >= 15 is 0 Å². The number of aliphatic hydroxyl groups excluding tert-OH is 1. The van der Waals surface area contributed by atoms with Gasteiger partial charge in [0.2, 0.25) is 0 Å². The number of fused-ring (bicyclic) bond motifs is 1. The molecule has 1 aliphatic rings. The lowest BCUT2D eigenvalue weighted by Gasteiger charge is -2.36. The molecule has 2 aromatic carbocycles. The largest absolute Gasteiger partial charge is 0.445 e. The fraction of sp³-hybridized carbons (Fsp3) is 0.450. The van der Waals surface area contributed by atoms with Crippen molar-refractivity contribution in [3.05, 3.63) is 42.5 Å². The molecule has 0 aromatic heterocycles. The summed E-state index contributed by atoms with van der Waals surface area (Å²) in [6.45, 7) is 5.10. The summed E-state index contributed by atoms with van der Waals surface area (Å²) in [7, 11) is 1.60. The first-order valence-electron chi connectivity index (χ1n) is 9.38. The maximum absolute atomic E-state index is 11.6. The van der Waals surface area contributed by atoms with E-state index in [4.69, 9.17) is 4.74 Å². The molecule has 0 radical (unpaired) electrons. The third-order valence-corrected chi connectivity index (χ3v) is 4.88. The van der Waals surface area contributed by atoms with E-state index in [2.05, 4.69) is 62.9 Å². The lowest BCUT2D eigenvalue weighted by molar-refractivity contribution is 0.0532. The number of ether oxygens (including phenoxy) is 1. The van der Waals surface area contributed by atoms with Crippen LogP contribution in [-0.4, -0.2) is 75.3 Å². The highest BCUT2D eigenvalue weighted by atomic mass is 16.6. The molecule has 7 nitrogen and oxygen atoms in total. The molecule has 1 fully saturated rings. The molecule has 1 heterocycles. The SMILES string of the molecule is CNC(O)COC(=O)NCCN1CCN(c2cccc3ccccc23)CC1. The minimum absolute atomic E-state index is 0.0635. The number of rotatable bonds is 7. The van der Waals surface area contributed by atoms with Crippen LogP contribution in [0.3, 0.4) is 0 Å². The molecule has 0 aliphatic carbocycles. The van der Waals surface area contributed by atoms with Gasteiger partial charge >= 0.3 is 6.09 Å². The second-order valence-electron chi connectivity index (χ2n) is 6.66. The normalized spacial score (nSPS) is 16.3. The van der Waals surface area contributed by atoms with Crippen molar-refractivity contribution in [2.75, 3.05) is 57.8 Å². The number of hydrogen-bond acceptors (Lipinski definition) is 6. The average Bonchev–Trinajstić information content (AvgIpc) is 2.72. The Kier molecular flexibility index (Phi) is 6.86. The number of nitrogens with one attached hydrogen (secondary N) is 2. The van der Waals surface area contributed by atoms with E-state index in [1.54, 1.807) is 7.05 Å². The molecule has 1 unspecified atom stereocenters. The molecule has 0 bridgehead atoms. The van der Waals surface area contributed by atoms with Gasteiger partial charge in [-0.1, -0.05) is 36.4 Å². The predicted octanol–water partition coefficient (Wildman–Crippen LogP) is 1.23. The molecule has 0 saturated carbocycles. The number of carbonyl (C=O) groups excluding carboxylic acids is 1. The Morgan fingerprint density at radius 1 is 1.15 bits per heavy atom. The highest BCUT2D eigenvalue weighted by molar-refractivity contribution is 5.94. The van der Waals surface area contributed by atoms with E-state index in [1.807, 2.05) is 0 Å². The molecule has 1 amide bonds. The van der Waals surface area contributed by atoms with E-state index in [0.717, 1.165) is 32.7 Å². The van der Waals surface area contributed by atoms with Crippen LogP contribution in [-0.2, 0) is 4.74 Å². The van der Waals surface area contributed by atoms with E-state index in [1.165, 1.54) is 16.5 Å². The summed E-state index contributed by atoms with van der Waals surface area (Å²) < 4.78 is 4.91. The maximum atomic E-state index is 11.6. The zero-order valence-electron chi connectivity index (χ0n) is 15.7. The average molecular weight is 372 g/mol. The molecule has 0 spiro atoms. The summed E-state index contributed by atoms with van der Waals surface area (Å²) >= 11 is 0. The standard InChI is InChI=1S/C20H28N4O3/c1-21-19(25)15-27-20(26)22-9-10-23-11-13-24(14-12-23)18-8-4-6-16-5-2-3-7-17(16)18/h2-8,19,21,25H,9-15H2,1H3,(H,22,26). The summed E-state index contributed by atoms with van der Waals surface area (Å²) in [5.41, 5.74) is 1.29. The van der Waals surface area contributed by atoms with E-state index in [9.17, 15) is 9.90 Å². The molecule has 146 valence electrons. The molecular weight excluding hydrogens is 344 g/mol. The monoisotopic (exact) mass is 372 g/mol. The number of hydrogen-bond donors (Lipinski definition) is 3. The van der Waals surface area contributed by atoms with Crippen molar-refractivity contribution in [3.8, 4) is 0 Å². The van der Waals surface area contributed by atoms with Gasteiger partial charge in [0.1, 0.15) is 12.8 Å². The van der Waals surface area contributed by atoms with Gasteiger partial charge in [-0.15, -0.1) is 0 Å². The Morgan fingerprint density at radius 3 is 2.67 bits per heavy atom. The molecule has 27 heavy (non-hydrogen) atoms. The van der Waals surface area contributed by atoms with E-state index < -0.39 is 12.3 Å². The highest BCUT2D eigenvalue weighted by Crippen LogP contribution is 2.27. The summed E-state index contributed by atoms with van der Waals surface area (Å²) in [6, 6.07) is 14.9. The van der Waals surface area contributed by atoms with Gasteiger partial charge in [-0.25, -0.2) is 4.79 Å². The highest BCUT2D eigenvalue weighted by Gasteiger charge is 2.18. The third-order valence-electron chi connectivity index (χ3n) is 4.88. The van der Waals surface area contributed by atoms with Gasteiger partial charge in [-0.05, 0) is 18.5 Å². The smallest absolute Gasteiger partial charge is 0.407 e. The minimum Gasteiger partial charge on any atom is -0.445 e. The van der Waals surface area contributed by atoms with Crippen LogP contribution < -0.4 is 15.5 Å². The zero-order chi connectivity index (χ0) is 19.1. The Labute approximate surface area is 159 Å². The maximum Gasteiger partial charge on any atom is 0.407 e. The van der Waals surface area contributed by atoms with Gasteiger partial charge in [0.05, 0.1) is 0 Å². The molecule has 2 aromatic rings. The van der Waals surface area contributed by atoms with Gasteiger partial charge in [-0.2, -0.15) is 0 Å². The summed E-state index contributed by atoms with van der Waals surface area (Å²) in [4.78, 5) is 16.3. The Morgan fingerprint density at radius 2 is 1.89 bits per heavy atom. The van der Waals surface area contributed by atoms with Crippen LogP contribution in [0.5, 0.6) is 0 Å². The number of carbonyl (C=O) groups is 1. The lowest BCUT2D eigenvalue weighted by atomic mass is 10.1. The molecule has 1 saturated heterocycles. The molecule has 3 N–H and O–H groups in total. The number of benzene rings is 2. The lowest BCUT2D eigenvalue weighted by Crippen LogP contribution is -2.48. The Hall–Kier alpha value is -2.35. The second kappa shape index (κ2) is 9.55. The topological polar surface area (TPSA) is 77.1 Å². The second-order valence-corrected chi connectivity index (χ2v) is 6.66. The number of nitrogens with zero attached hydrogens (tertiary/aromatic N) is 2. The quantitative estimate of drug-likeness (QED) is 0.635. The number of anilines is 1. The number of piperazine rings is 1. The molecule has 7 heteroatoms. The predicted molar refractivity (Wildman–Crippen MR) is 107 cm³/mol. The van der Waals surface area contributed by atoms with E-state index in [0.29, 0.717) is 6.54 Å². The van der Waals surface area contributed by atoms with Gasteiger partial charge in [-0.3, -0.25) is 10.2 Å². The van der Waals surface area contributed by atoms with Gasteiger partial charge < -0.3 is 20.1 Å². The van der Waals surface area contributed by atoms with Crippen molar-refractivity contribution in [1.82, 2.24) is 15.5 Å². The van der Waals surface area contributed by atoms with E-state index in [-0.39, 0.29) is 6.61 Å². The molecule has 1 aliphatic heterocycles. The van der Waals surface area contributed by atoms with Crippen molar-refractivity contribution in [2.45, 2.75) is 6.23 Å². The first-order valence-corrected chi connectivity index (χ1v) is 9.38. The summed E-state index contributed by atoms with van der Waals surface area (Å²) in [5.74, 6) is 0. The number of amides is 1. The Bertz CT molecular complexity index is 742. The van der Waals surface area contributed by atoms with Crippen molar-refractivity contribution in [2.24, 2.45) is 0 Å². The van der Waals surface area contributed by atoms with Gasteiger partial charge in [0, 0.05) is 50.3 Å². The molecular formula is C20H28N4O3. The third kappa shape index (κ3) is 5.32. The molecule has 1 atom stereocenters. The van der Waals surface area contributed by atoms with Crippen molar-refractivity contribution in [3.63, 3.8) is 0 Å². The fourth-order valence-corrected chi connectivity index (χ4v) is 3.30. The van der Waals surface area contributed by atoms with Crippen molar-refractivity contribution < 1.29 is 14.6 Å². The summed E-state index contributed by atoms with van der Waals surface area (Å²) in [5, 5.41) is 17.2. The summed E-state index contributed by atoms with van der Waals surface area (Å²) in [6.07, 6.45) is -1.34. The van der Waals surface area contributed by atoms with Crippen LogP contribution in [0.15, 0.2) is 42.5 Å². The number of alkyl carbamates (subject to hydrolysis) is 1. The van der Waals surface area contributed by atoms with Crippen LogP contribution in [0, 0.1) is 0 Å². The first kappa shape index (κ1) is 19.4. The van der Waals surface area contributed by atoms with Crippen molar-refractivity contribution in [1.29, 1.82) is 0 Å².